The number of hydrogen-bond acceptors (Lipinski definition) is 7. The van der Waals surface area contributed by atoms with Gasteiger partial charge >= 0.3 is 5.97 Å². The highest BCUT2D eigenvalue weighted by Crippen LogP contribution is 2.28. The molecule has 4 rings (SSSR count). The van der Waals surface area contributed by atoms with Crippen LogP contribution in [0.4, 0.5) is 0 Å². The summed E-state index contributed by atoms with van der Waals surface area (Å²) in [5, 5.41) is 13.9. The van der Waals surface area contributed by atoms with Crippen molar-refractivity contribution >= 4 is 41.5 Å². The van der Waals surface area contributed by atoms with Crippen LogP contribution in [0, 0.1) is 6.92 Å². The number of halogens is 1. The van der Waals surface area contributed by atoms with Crippen molar-refractivity contribution in [2.24, 2.45) is 5.10 Å². The van der Waals surface area contributed by atoms with Crippen molar-refractivity contribution in [2.75, 3.05) is 12.9 Å². The van der Waals surface area contributed by atoms with Crippen molar-refractivity contribution in [1.29, 1.82) is 0 Å². The largest absolute Gasteiger partial charge is 0.465 e. The molecule has 0 aliphatic carbocycles. The van der Waals surface area contributed by atoms with Gasteiger partial charge in [0, 0.05) is 16.3 Å². The Morgan fingerprint density at radius 2 is 1.72 bits per heavy atom. The standard InChI is InChI=1S/C26H22ClN5O3S/c1-17-3-7-19(8-4-17)24-30-31-26(32(24)22-13-11-21(27)12-14-22)36-16-23(33)29-28-15-18-5-9-20(10-6-18)25(34)35-2/h3-15H,16H2,1-2H3,(H,29,33). The predicted molar refractivity (Wildman–Crippen MR) is 141 cm³/mol. The molecule has 10 heteroatoms. The summed E-state index contributed by atoms with van der Waals surface area (Å²) in [4.78, 5) is 23.9. The fourth-order valence-corrected chi connectivity index (χ4v) is 4.11. The molecule has 0 spiro atoms. The molecular weight excluding hydrogens is 498 g/mol. The Morgan fingerprint density at radius 1 is 1.03 bits per heavy atom. The van der Waals surface area contributed by atoms with Crippen molar-refractivity contribution < 1.29 is 14.3 Å². The van der Waals surface area contributed by atoms with Crippen molar-refractivity contribution in [2.45, 2.75) is 12.1 Å². The first-order valence-electron chi connectivity index (χ1n) is 10.9. The smallest absolute Gasteiger partial charge is 0.337 e. The van der Waals surface area contributed by atoms with Crippen LogP contribution in [0.5, 0.6) is 0 Å². The maximum absolute atomic E-state index is 12.4. The van der Waals surface area contributed by atoms with Gasteiger partial charge in [0.1, 0.15) is 0 Å². The number of thioether (sulfide) groups is 1. The average Bonchev–Trinajstić information content (AvgIpc) is 3.32. The molecule has 0 atom stereocenters. The molecule has 0 bridgehead atoms. The molecule has 0 aliphatic heterocycles. The van der Waals surface area contributed by atoms with E-state index in [0.717, 1.165) is 22.4 Å². The number of ether oxygens (including phenoxy) is 1. The van der Waals surface area contributed by atoms with Crippen LogP contribution in [0.3, 0.4) is 0 Å². The number of hydrazone groups is 1. The first-order valence-corrected chi connectivity index (χ1v) is 12.2. The van der Waals surface area contributed by atoms with E-state index in [4.69, 9.17) is 11.6 Å². The summed E-state index contributed by atoms with van der Waals surface area (Å²) in [6.45, 7) is 2.02. The summed E-state index contributed by atoms with van der Waals surface area (Å²) in [5.41, 5.74) is 6.54. The summed E-state index contributed by atoms with van der Waals surface area (Å²) >= 11 is 7.32. The van der Waals surface area contributed by atoms with Gasteiger partial charge in [-0.05, 0) is 48.9 Å². The van der Waals surface area contributed by atoms with Crippen molar-refractivity contribution in [3.63, 3.8) is 0 Å². The highest BCUT2D eigenvalue weighted by atomic mass is 35.5. The molecule has 0 saturated carbocycles. The molecule has 4 aromatic rings. The summed E-state index contributed by atoms with van der Waals surface area (Å²) in [5.74, 6) is 0.0255. The maximum atomic E-state index is 12.4. The Labute approximate surface area is 217 Å². The van der Waals surface area contributed by atoms with Crippen molar-refractivity contribution in [1.82, 2.24) is 20.2 Å². The maximum Gasteiger partial charge on any atom is 0.337 e. The van der Waals surface area contributed by atoms with Gasteiger partial charge in [-0.2, -0.15) is 5.10 Å². The molecule has 1 aromatic heterocycles. The molecule has 0 fully saturated rings. The minimum atomic E-state index is -0.416. The van der Waals surface area contributed by atoms with E-state index in [1.807, 2.05) is 47.9 Å². The highest BCUT2D eigenvalue weighted by molar-refractivity contribution is 7.99. The van der Waals surface area contributed by atoms with Crippen molar-refractivity contribution in [3.8, 4) is 17.1 Å². The molecule has 1 N–H and O–H groups in total. The Hall–Kier alpha value is -3.95. The molecule has 0 radical (unpaired) electrons. The lowest BCUT2D eigenvalue weighted by Crippen LogP contribution is -2.20. The van der Waals surface area contributed by atoms with Crippen LogP contribution in [0.25, 0.3) is 17.1 Å². The van der Waals surface area contributed by atoms with Gasteiger partial charge in [-0.25, -0.2) is 10.2 Å². The number of amides is 1. The zero-order valence-electron chi connectivity index (χ0n) is 19.5. The number of methoxy groups -OCH3 is 1. The monoisotopic (exact) mass is 519 g/mol. The van der Waals surface area contributed by atoms with Crippen LogP contribution in [0.15, 0.2) is 83.1 Å². The fourth-order valence-electron chi connectivity index (χ4n) is 3.24. The van der Waals surface area contributed by atoms with Crippen LogP contribution in [0.1, 0.15) is 21.5 Å². The van der Waals surface area contributed by atoms with E-state index in [-0.39, 0.29) is 11.7 Å². The number of aryl methyl sites for hydroxylation is 1. The first-order chi connectivity index (χ1) is 17.4. The number of carbonyl (C=O) groups excluding carboxylic acids is 2. The van der Waals surface area contributed by atoms with E-state index in [1.54, 1.807) is 36.4 Å². The van der Waals surface area contributed by atoms with E-state index < -0.39 is 5.97 Å². The van der Waals surface area contributed by atoms with Crippen LogP contribution in [-0.4, -0.2) is 45.7 Å². The minimum absolute atomic E-state index is 0.0816. The topological polar surface area (TPSA) is 98.5 Å². The third kappa shape index (κ3) is 6.18. The summed E-state index contributed by atoms with van der Waals surface area (Å²) in [7, 11) is 1.33. The molecular formula is C26H22ClN5O3S. The third-order valence-electron chi connectivity index (χ3n) is 5.09. The van der Waals surface area contributed by atoms with Gasteiger partial charge in [0.2, 0.25) is 0 Å². The molecule has 3 aromatic carbocycles. The van der Waals surface area contributed by atoms with Crippen LogP contribution in [-0.2, 0) is 9.53 Å². The zero-order valence-corrected chi connectivity index (χ0v) is 21.1. The van der Waals surface area contributed by atoms with E-state index in [9.17, 15) is 9.59 Å². The van der Waals surface area contributed by atoms with Gasteiger partial charge in [0.15, 0.2) is 11.0 Å². The van der Waals surface area contributed by atoms with E-state index >= 15 is 0 Å². The lowest BCUT2D eigenvalue weighted by molar-refractivity contribution is -0.118. The Morgan fingerprint density at radius 3 is 2.39 bits per heavy atom. The Bertz CT molecular complexity index is 1380. The van der Waals surface area contributed by atoms with Gasteiger partial charge < -0.3 is 4.74 Å². The van der Waals surface area contributed by atoms with Crippen LogP contribution in [0.2, 0.25) is 5.02 Å². The molecule has 1 heterocycles. The second-order valence-corrected chi connectivity index (χ2v) is 9.06. The average molecular weight is 520 g/mol. The number of nitrogens with one attached hydrogen (secondary N) is 1. The van der Waals surface area contributed by atoms with Gasteiger partial charge in [-0.1, -0.05) is 65.3 Å². The van der Waals surface area contributed by atoms with E-state index in [0.29, 0.717) is 21.6 Å². The number of esters is 1. The molecule has 0 saturated heterocycles. The summed E-state index contributed by atoms with van der Waals surface area (Å²) in [6, 6.07) is 22.0. The van der Waals surface area contributed by atoms with E-state index in [2.05, 4.69) is 25.5 Å². The quantitative estimate of drug-likeness (QED) is 0.153. The number of hydrogen-bond donors (Lipinski definition) is 1. The second kappa shape index (κ2) is 11.7. The first kappa shape index (κ1) is 25.2. The highest BCUT2D eigenvalue weighted by Gasteiger charge is 2.17. The van der Waals surface area contributed by atoms with Crippen LogP contribution >= 0.6 is 23.4 Å². The number of benzene rings is 3. The van der Waals surface area contributed by atoms with Crippen molar-refractivity contribution in [3.05, 3.63) is 94.5 Å². The number of nitrogens with zero attached hydrogens (tertiary/aromatic N) is 4. The molecule has 0 unspecified atom stereocenters. The Kier molecular flexibility index (Phi) is 8.14. The van der Waals surface area contributed by atoms with Gasteiger partial charge in [-0.3, -0.25) is 9.36 Å². The molecule has 182 valence electrons. The lowest BCUT2D eigenvalue weighted by atomic mass is 10.1. The van der Waals surface area contributed by atoms with Crippen LogP contribution < -0.4 is 5.43 Å². The summed E-state index contributed by atoms with van der Waals surface area (Å²) in [6.07, 6.45) is 1.50. The minimum Gasteiger partial charge on any atom is -0.465 e. The molecule has 1 amide bonds. The van der Waals surface area contributed by atoms with Gasteiger partial charge in [0.05, 0.1) is 24.6 Å². The molecule has 36 heavy (non-hydrogen) atoms. The zero-order chi connectivity index (χ0) is 25.5. The fraction of sp³-hybridized carbons (Fsp3) is 0.115. The van der Waals surface area contributed by atoms with Gasteiger partial charge in [-0.15, -0.1) is 10.2 Å². The normalized spacial score (nSPS) is 11.0. The third-order valence-corrected chi connectivity index (χ3v) is 6.28. The predicted octanol–water partition coefficient (Wildman–Crippen LogP) is 4.93. The van der Waals surface area contributed by atoms with E-state index in [1.165, 1.54) is 25.1 Å². The second-order valence-electron chi connectivity index (χ2n) is 7.68. The Balaban J connectivity index is 1.45. The number of carbonyl (C=O) groups is 2. The lowest BCUT2D eigenvalue weighted by Gasteiger charge is -2.10. The molecule has 8 nitrogen and oxygen atoms in total. The molecule has 0 aliphatic rings. The SMILES string of the molecule is COC(=O)c1ccc(C=NNC(=O)CSc2nnc(-c3ccc(C)cc3)n2-c2ccc(Cl)cc2)cc1. The van der Waals surface area contributed by atoms with Gasteiger partial charge in [0.25, 0.3) is 5.91 Å². The number of rotatable bonds is 8. The number of aromatic nitrogens is 3. The summed E-state index contributed by atoms with van der Waals surface area (Å²) < 4.78 is 6.57.